The Labute approximate surface area is 106 Å². The summed E-state index contributed by atoms with van der Waals surface area (Å²) in [4.78, 5) is 30.1. The second-order valence-corrected chi connectivity index (χ2v) is 2.76. The minimum absolute atomic E-state index is 0.130. The summed E-state index contributed by atoms with van der Waals surface area (Å²) in [6.45, 7) is 3.23. The zero-order valence-corrected chi connectivity index (χ0v) is 9.70. The predicted molar refractivity (Wildman–Crippen MR) is 56.9 cm³/mol. The average Bonchev–Trinajstić information content (AvgIpc) is 2.32. The van der Waals surface area contributed by atoms with Gasteiger partial charge in [0.1, 0.15) is 13.2 Å². The lowest BCUT2D eigenvalue weighted by Gasteiger charge is -2.02. The SMILES string of the molecule is C=CCOC(=O)CNC(=O)CN.O=C(O)C(F)(F)F. The fourth-order valence-corrected chi connectivity index (χ4v) is 0.446. The van der Waals surface area contributed by atoms with Gasteiger partial charge in [0.25, 0.3) is 0 Å². The van der Waals surface area contributed by atoms with Gasteiger partial charge in [-0.15, -0.1) is 0 Å². The molecule has 4 N–H and O–H groups in total. The Kier molecular flexibility index (Phi) is 10.0. The molecule has 0 saturated carbocycles. The summed E-state index contributed by atoms with van der Waals surface area (Å²) >= 11 is 0. The molecule has 0 aromatic carbocycles. The summed E-state index contributed by atoms with van der Waals surface area (Å²) in [6, 6.07) is 0. The van der Waals surface area contributed by atoms with Crippen LogP contribution < -0.4 is 11.1 Å². The van der Waals surface area contributed by atoms with Crippen LogP contribution in [0.4, 0.5) is 13.2 Å². The number of ether oxygens (including phenoxy) is 1. The lowest BCUT2D eigenvalue weighted by molar-refractivity contribution is -0.192. The average molecular weight is 286 g/mol. The van der Waals surface area contributed by atoms with E-state index in [1.165, 1.54) is 6.08 Å². The summed E-state index contributed by atoms with van der Waals surface area (Å²) in [5.41, 5.74) is 4.98. The largest absolute Gasteiger partial charge is 0.490 e. The number of halogens is 3. The van der Waals surface area contributed by atoms with Gasteiger partial charge in [0.2, 0.25) is 5.91 Å². The van der Waals surface area contributed by atoms with Crippen molar-refractivity contribution in [2.45, 2.75) is 6.18 Å². The van der Waals surface area contributed by atoms with Gasteiger partial charge < -0.3 is 20.9 Å². The van der Waals surface area contributed by atoms with Crippen molar-refractivity contribution in [1.29, 1.82) is 0 Å². The van der Waals surface area contributed by atoms with Crippen molar-refractivity contribution >= 4 is 17.8 Å². The van der Waals surface area contributed by atoms with Gasteiger partial charge in [-0.2, -0.15) is 13.2 Å². The Morgan fingerprint density at radius 3 is 2.16 bits per heavy atom. The van der Waals surface area contributed by atoms with Crippen LogP contribution in [-0.4, -0.2) is 48.8 Å². The van der Waals surface area contributed by atoms with Gasteiger partial charge in [0, 0.05) is 0 Å². The van der Waals surface area contributed by atoms with Gasteiger partial charge in [0.05, 0.1) is 6.54 Å². The molecule has 110 valence electrons. The van der Waals surface area contributed by atoms with Gasteiger partial charge in [-0.3, -0.25) is 9.59 Å². The quantitative estimate of drug-likeness (QED) is 0.460. The molecule has 0 aromatic rings. The molecule has 0 bridgehead atoms. The van der Waals surface area contributed by atoms with Gasteiger partial charge >= 0.3 is 18.1 Å². The Morgan fingerprint density at radius 2 is 1.84 bits per heavy atom. The molecule has 0 unspecified atom stereocenters. The van der Waals surface area contributed by atoms with E-state index in [1.807, 2.05) is 0 Å². The van der Waals surface area contributed by atoms with Crippen LogP contribution in [-0.2, 0) is 19.1 Å². The molecule has 1 amide bonds. The first-order valence-electron chi connectivity index (χ1n) is 4.68. The number of amides is 1. The second-order valence-electron chi connectivity index (χ2n) is 2.76. The molecule has 0 aliphatic heterocycles. The van der Waals surface area contributed by atoms with Crippen molar-refractivity contribution in [2.24, 2.45) is 5.73 Å². The highest BCUT2D eigenvalue weighted by atomic mass is 19.4. The number of nitrogens with one attached hydrogen (secondary N) is 1. The molecule has 0 heterocycles. The lowest BCUT2D eigenvalue weighted by atomic mass is 10.5. The summed E-state index contributed by atoms with van der Waals surface area (Å²) < 4.78 is 36.3. The van der Waals surface area contributed by atoms with Crippen LogP contribution in [0.15, 0.2) is 12.7 Å². The molecule has 0 aliphatic carbocycles. The molecular weight excluding hydrogens is 273 g/mol. The molecule has 10 heteroatoms. The summed E-state index contributed by atoms with van der Waals surface area (Å²) in [6.07, 6.45) is -3.64. The Bertz CT molecular complexity index is 330. The number of carbonyl (C=O) groups excluding carboxylic acids is 2. The molecular formula is C9H13F3N2O5. The van der Waals surface area contributed by atoms with Crippen molar-refractivity contribution in [3.05, 3.63) is 12.7 Å². The number of carbonyl (C=O) groups is 3. The summed E-state index contributed by atoms with van der Waals surface area (Å²) in [5.74, 6) is -3.64. The first-order valence-corrected chi connectivity index (χ1v) is 4.68. The number of hydrogen-bond donors (Lipinski definition) is 3. The van der Waals surface area contributed by atoms with E-state index in [0.29, 0.717) is 0 Å². The molecule has 0 aliphatic rings. The fraction of sp³-hybridized carbons (Fsp3) is 0.444. The van der Waals surface area contributed by atoms with Crippen LogP contribution in [0.2, 0.25) is 0 Å². The molecule has 0 saturated heterocycles. The van der Waals surface area contributed by atoms with E-state index >= 15 is 0 Å². The van der Waals surface area contributed by atoms with Crippen molar-refractivity contribution in [3.8, 4) is 0 Å². The van der Waals surface area contributed by atoms with Crippen molar-refractivity contribution in [1.82, 2.24) is 5.32 Å². The standard InChI is InChI=1S/C7H12N2O3.C2HF3O2/c1-2-3-12-7(11)5-9-6(10)4-8;3-2(4,5)1(6)7/h2H,1,3-5,8H2,(H,9,10);(H,6,7). The molecule has 0 rings (SSSR count). The van der Waals surface area contributed by atoms with Crippen LogP contribution in [0.3, 0.4) is 0 Å². The molecule has 0 radical (unpaired) electrons. The topological polar surface area (TPSA) is 119 Å². The van der Waals surface area contributed by atoms with E-state index in [1.54, 1.807) is 0 Å². The third kappa shape index (κ3) is 13.8. The molecule has 0 spiro atoms. The Hall–Kier alpha value is -2.10. The number of carboxylic acid groups (broad SMARTS) is 1. The number of alkyl halides is 3. The minimum atomic E-state index is -5.08. The van der Waals surface area contributed by atoms with E-state index in [2.05, 4.69) is 16.6 Å². The summed E-state index contributed by atoms with van der Waals surface area (Å²) in [5, 5.41) is 9.39. The maximum Gasteiger partial charge on any atom is 0.490 e. The number of nitrogens with two attached hydrogens (primary N) is 1. The molecule has 7 nitrogen and oxygen atoms in total. The van der Waals surface area contributed by atoms with Crippen LogP contribution >= 0.6 is 0 Å². The van der Waals surface area contributed by atoms with Crippen LogP contribution in [0.25, 0.3) is 0 Å². The smallest absolute Gasteiger partial charge is 0.475 e. The zero-order valence-electron chi connectivity index (χ0n) is 9.70. The van der Waals surface area contributed by atoms with Gasteiger partial charge in [-0.05, 0) is 0 Å². The second kappa shape index (κ2) is 9.88. The number of rotatable bonds is 5. The Balaban J connectivity index is 0. The van der Waals surface area contributed by atoms with E-state index in [9.17, 15) is 22.8 Å². The van der Waals surface area contributed by atoms with Gasteiger partial charge in [-0.1, -0.05) is 12.7 Å². The maximum absolute atomic E-state index is 10.7. The van der Waals surface area contributed by atoms with Crippen molar-refractivity contribution in [2.75, 3.05) is 19.7 Å². The zero-order chi connectivity index (χ0) is 15.5. The van der Waals surface area contributed by atoms with E-state index in [0.717, 1.165) is 0 Å². The molecule has 19 heavy (non-hydrogen) atoms. The summed E-state index contributed by atoms with van der Waals surface area (Å²) in [7, 11) is 0. The lowest BCUT2D eigenvalue weighted by Crippen LogP contribution is -2.35. The normalized spacial score (nSPS) is 9.68. The monoisotopic (exact) mass is 286 g/mol. The van der Waals surface area contributed by atoms with E-state index < -0.39 is 18.1 Å². The maximum atomic E-state index is 10.7. The van der Waals surface area contributed by atoms with Gasteiger partial charge in [0.15, 0.2) is 0 Å². The third-order valence-corrected chi connectivity index (χ3v) is 1.22. The minimum Gasteiger partial charge on any atom is -0.475 e. The van der Waals surface area contributed by atoms with Crippen molar-refractivity contribution in [3.63, 3.8) is 0 Å². The van der Waals surface area contributed by atoms with Crippen LogP contribution in [0.1, 0.15) is 0 Å². The van der Waals surface area contributed by atoms with E-state index in [-0.39, 0.29) is 25.6 Å². The highest BCUT2D eigenvalue weighted by Crippen LogP contribution is 2.13. The number of carboxylic acids is 1. The van der Waals surface area contributed by atoms with Crippen LogP contribution in [0, 0.1) is 0 Å². The van der Waals surface area contributed by atoms with Crippen LogP contribution in [0.5, 0.6) is 0 Å². The van der Waals surface area contributed by atoms with Gasteiger partial charge in [-0.25, -0.2) is 4.79 Å². The fourth-order valence-electron chi connectivity index (χ4n) is 0.446. The van der Waals surface area contributed by atoms with E-state index in [4.69, 9.17) is 15.6 Å². The first kappa shape index (κ1) is 19.2. The first-order chi connectivity index (χ1) is 8.65. The molecule has 0 atom stereocenters. The molecule has 0 fully saturated rings. The third-order valence-electron chi connectivity index (χ3n) is 1.22. The predicted octanol–water partition coefficient (Wildman–Crippen LogP) is -0.576. The van der Waals surface area contributed by atoms with Crippen molar-refractivity contribution < 1.29 is 37.4 Å². The number of esters is 1. The molecule has 0 aromatic heterocycles. The number of aliphatic carboxylic acids is 1. The highest BCUT2D eigenvalue weighted by Gasteiger charge is 2.38. The Morgan fingerprint density at radius 1 is 1.37 bits per heavy atom. The highest BCUT2D eigenvalue weighted by molar-refractivity contribution is 5.82. The number of hydrogen-bond acceptors (Lipinski definition) is 5.